The Morgan fingerprint density at radius 3 is 2.29 bits per heavy atom. The van der Waals surface area contributed by atoms with Gasteiger partial charge in [-0.1, -0.05) is 20.8 Å². The van der Waals surface area contributed by atoms with Gasteiger partial charge in [-0.2, -0.15) is 0 Å². The van der Waals surface area contributed by atoms with Crippen molar-refractivity contribution in [1.29, 1.82) is 0 Å². The molecular weight excluding hydrogens is 236 g/mol. The fourth-order valence-electron chi connectivity index (χ4n) is 1.50. The quantitative estimate of drug-likeness (QED) is 0.442. The largest absolute Gasteiger partial charge is 0.467 e. The van der Waals surface area contributed by atoms with Gasteiger partial charge in [0.1, 0.15) is 6.10 Å². The molecule has 1 rings (SSSR count). The van der Waals surface area contributed by atoms with Crippen molar-refractivity contribution in [3.05, 3.63) is 0 Å². The van der Waals surface area contributed by atoms with Gasteiger partial charge in [-0.3, -0.25) is 0 Å². The summed E-state index contributed by atoms with van der Waals surface area (Å²) in [6.07, 6.45) is -0.628. The second kappa shape index (κ2) is 4.70. The number of epoxide rings is 1. The van der Waals surface area contributed by atoms with Gasteiger partial charge in [-0.15, -0.1) is 0 Å². The van der Waals surface area contributed by atoms with Gasteiger partial charge >= 0.3 is 5.97 Å². The molecule has 0 radical (unpaired) electrons. The summed E-state index contributed by atoms with van der Waals surface area (Å²) >= 11 is 0. The molecule has 1 aliphatic rings. The lowest BCUT2D eigenvalue weighted by atomic mass is 10.2. The van der Waals surface area contributed by atoms with Gasteiger partial charge in [0, 0.05) is 0 Å². The molecule has 17 heavy (non-hydrogen) atoms. The number of carbonyl (C=O) groups excluding carboxylic acids is 1. The highest BCUT2D eigenvalue weighted by Crippen LogP contribution is 2.39. The molecule has 0 unspecified atom stereocenters. The zero-order valence-electron chi connectivity index (χ0n) is 11.9. The molecule has 1 fully saturated rings. The second-order valence-corrected chi connectivity index (χ2v) is 10.9. The van der Waals surface area contributed by atoms with Crippen LogP contribution in [-0.2, 0) is 18.7 Å². The Kier molecular flexibility index (Phi) is 4.06. The summed E-state index contributed by atoms with van der Waals surface area (Å²) in [5.41, 5.74) is 0. The summed E-state index contributed by atoms with van der Waals surface area (Å²) in [7, 11) is -0.422. The zero-order valence-corrected chi connectivity index (χ0v) is 12.9. The summed E-state index contributed by atoms with van der Waals surface area (Å²) < 4.78 is 16.1. The van der Waals surface area contributed by atoms with Crippen molar-refractivity contribution in [2.45, 2.75) is 64.1 Å². The summed E-state index contributed by atoms with van der Waals surface area (Å²) in [6.45, 7) is 12.9. The van der Waals surface area contributed by atoms with E-state index >= 15 is 0 Å². The van der Waals surface area contributed by atoms with Crippen molar-refractivity contribution in [1.82, 2.24) is 0 Å². The SMILES string of the molecule is COC(=O)[C@H]1O[C@H]1[C@H](C)O[Si](C)(C)C(C)(C)C. The molecule has 100 valence electrons. The summed E-state index contributed by atoms with van der Waals surface area (Å²) in [5, 5.41) is 0.164. The Hall–Kier alpha value is -0.393. The minimum Gasteiger partial charge on any atom is -0.467 e. The van der Waals surface area contributed by atoms with Crippen LogP contribution in [0.15, 0.2) is 0 Å². The third kappa shape index (κ3) is 3.30. The monoisotopic (exact) mass is 260 g/mol. The topological polar surface area (TPSA) is 48.1 Å². The first-order valence-electron chi connectivity index (χ1n) is 6.01. The average Bonchev–Trinajstić information content (AvgIpc) is 2.93. The van der Waals surface area contributed by atoms with E-state index in [0.29, 0.717) is 0 Å². The van der Waals surface area contributed by atoms with Crippen molar-refractivity contribution in [3.63, 3.8) is 0 Å². The first kappa shape index (κ1) is 14.7. The average molecular weight is 260 g/mol. The van der Waals surface area contributed by atoms with Gasteiger partial charge in [0.25, 0.3) is 0 Å². The van der Waals surface area contributed by atoms with Gasteiger partial charge < -0.3 is 13.9 Å². The molecule has 0 bridgehead atoms. The van der Waals surface area contributed by atoms with Crippen LogP contribution in [0.3, 0.4) is 0 Å². The van der Waals surface area contributed by atoms with E-state index in [-0.39, 0.29) is 23.2 Å². The smallest absolute Gasteiger partial charge is 0.337 e. The van der Waals surface area contributed by atoms with Crippen molar-refractivity contribution < 1.29 is 18.7 Å². The van der Waals surface area contributed by atoms with Crippen LogP contribution in [0.25, 0.3) is 0 Å². The number of esters is 1. The molecule has 4 nitrogen and oxygen atoms in total. The van der Waals surface area contributed by atoms with Crippen molar-refractivity contribution in [3.8, 4) is 0 Å². The summed E-state index contributed by atoms with van der Waals surface area (Å²) in [5.74, 6) is -0.305. The fourth-order valence-corrected chi connectivity index (χ4v) is 2.91. The summed E-state index contributed by atoms with van der Waals surface area (Å²) in [6, 6.07) is 0. The molecule has 1 saturated heterocycles. The van der Waals surface area contributed by atoms with Crippen LogP contribution < -0.4 is 0 Å². The number of ether oxygens (including phenoxy) is 2. The predicted molar refractivity (Wildman–Crippen MR) is 68.4 cm³/mol. The molecule has 0 N–H and O–H groups in total. The third-order valence-electron chi connectivity index (χ3n) is 3.71. The molecule has 1 aliphatic heterocycles. The van der Waals surface area contributed by atoms with E-state index < -0.39 is 14.4 Å². The highest BCUT2D eigenvalue weighted by atomic mass is 28.4. The molecule has 3 atom stereocenters. The van der Waals surface area contributed by atoms with E-state index in [1.165, 1.54) is 7.11 Å². The van der Waals surface area contributed by atoms with Crippen LogP contribution in [0, 0.1) is 0 Å². The van der Waals surface area contributed by atoms with E-state index in [1.54, 1.807) is 0 Å². The lowest BCUT2D eigenvalue weighted by molar-refractivity contribution is -0.142. The Bertz CT molecular complexity index is 295. The maximum atomic E-state index is 11.3. The zero-order chi connectivity index (χ0) is 13.4. The predicted octanol–water partition coefficient (Wildman–Crippen LogP) is 2.34. The minimum atomic E-state index is -1.80. The van der Waals surface area contributed by atoms with Crippen LogP contribution >= 0.6 is 0 Å². The van der Waals surface area contributed by atoms with Crippen LogP contribution in [0.5, 0.6) is 0 Å². The lowest BCUT2D eigenvalue weighted by Crippen LogP contribution is -2.44. The van der Waals surface area contributed by atoms with Gasteiger partial charge in [0.05, 0.1) is 13.2 Å². The van der Waals surface area contributed by atoms with Crippen LogP contribution in [-0.4, -0.2) is 39.7 Å². The van der Waals surface area contributed by atoms with E-state index in [0.717, 1.165) is 0 Å². The maximum absolute atomic E-state index is 11.3. The van der Waals surface area contributed by atoms with E-state index in [2.05, 4.69) is 38.6 Å². The van der Waals surface area contributed by atoms with Gasteiger partial charge in [0.2, 0.25) is 0 Å². The molecule has 5 heteroatoms. The van der Waals surface area contributed by atoms with Crippen LogP contribution in [0.1, 0.15) is 27.7 Å². The lowest BCUT2D eigenvalue weighted by Gasteiger charge is -2.38. The number of methoxy groups -OCH3 is 1. The third-order valence-corrected chi connectivity index (χ3v) is 8.28. The van der Waals surface area contributed by atoms with E-state index in [1.807, 2.05) is 6.92 Å². The fraction of sp³-hybridized carbons (Fsp3) is 0.917. The molecule has 0 aliphatic carbocycles. The molecule has 0 aromatic heterocycles. The van der Waals surface area contributed by atoms with Crippen LogP contribution in [0.4, 0.5) is 0 Å². The highest BCUT2D eigenvalue weighted by molar-refractivity contribution is 6.74. The van der Waals surface area contributed by atoms with Gasteiger partial charge in [-0.25, -0.2) is 4.79 Å². The Labute approximate surface area is 105 Å². The molecule has 0 aromatic rings. The second-order valence-electron chi connectivity index (χ2n) is 6.13. The number of hydrogen-bond donors (Lipinski definition) is 0. The van der Waals surface area contributed by atoms with Crippen LogP contribution in [0.2, 0.25) is 18.1 Å². The highest BCUT2D eigenvalue weighted by Gasteiger charge is 2.52. The van der Waals surface area contributed by atoms with Gasteiger partial charge in [0.15, 0.2) is 14.4 Å². The molecule has 0 saturated carbocycles. The maximum Gasteiger partial charge on any atom is 0.337 e. The first-order chi connectivity index (χ1) is 7.60. The van der Waals surface area contributed by atoms with Gasteiger partial charge in [-0.05, 0) is 25.1 Å². The minimum absolute atomic E-state index is 0.0556. The van der Waals surface area contributed by atoms with E-state index in [9.17, 15) is 4.79 Å². The Balaban J connectivity index is 2.52. The molecule has 0 aromatic carbocycles. The normalized spacial score (nSPS) is 26.5. The first-order valence-corrected chi connectivity index (χ1v) is 8.92. The number of carbonyl (C=O) groups is 1. The van der Waals surface area contributed by atoms with Crippen molar-refractivity contribution in [2.75, 3.05) is 7.11 Å². The summed E-state index contributed by atoms with van der Waals surface area (Å²) in [4.78, 5) is 11.3. The molecule has 0 amide bonds. The molecule has 1 heterocycles. The number of hydrogen-bond acceptors (Lipinski definition) is 4. The van der Waals surface area contributed by atoms with Crippen molar-refractivity contribution >= 4 is 14.3 Å². The standard InChI is InChI=1S/C12H24O4Si/c1-8(9-10(15-9)11(13)14-5)16-17(6,7)12(2,3)4/h8-10H,1-7H3/t8-,9-,10-/m0/s1. The Morgan fingerprint density at radius 1 is 1.35 bits per heavy atom. The molecule has 0 spiro atoms. The Morgan fingerprint density at radius 2 is 1.88 bits per heavy atom. The number of rotatable bonds is 4. The van der Waals surface area contributed by atoms with Crippen molar-refractivity contribution in [2.24, 2.45) is 0 Å². The molecular formula is C12H24O4Si. The van der Waals surface area contributed by atoms with E-state index in [4.69, 9.17) is 9.16 Å².